The van der Waals surface area contributed by atoms with E-state index in [0.29, 0.717) is 13.0 Å². The van der Waals surface area contributed by atoms with E-state index in [4.69, 9.17) is 5.26 Å². The number of rotatable bonds is 3. The van der Waals surface area contributed by atoms with Crippen molar-refractivity contribution in [3.05, 3.63) is 24.0 Å². The molecule has 2 rings (SSSR count). The summed E-state index contributed by atoms with van der Waals surface area (Å²) in [4.78, 5) is 15.3. The molecule has 0 radical (unpaired) electrons. The number of aromatic nitrogens is 1. The van der Waals surface area contributed by atoms with E-state index in [2.05, 4.69) is 4.98 Å². The van der Waals surface area contributed by atoms with Crippen molar-refractivity contribution in [2.24, 2.45) is 5.92 Å². The van der Waals surface area contributed by atoms with Gasteiger partial charge in [-0.1, -0.05) is 0 Å². The SMILES string of the molecule is CC(=O)C1CCCN(S(=O)(=O)c2ccc(C#N)nc2)C1. The molecular formula is C13H15N3O3S. The molecule has 1 aromatic heterocycles. The molecule has 106 valence electrons. The molecule has 20 heavy (non-hydrogen) atoms. The summed E-state index contributed by atoms with van der Waals surface area (Å²) >= 11 is 0. The maximum Gasteiger partial charge on any atom is 0.244 e. The monoisotopic (exact) mass is 293 g/mol. The second kappa shape index (κ2) is 5.69. The van der Waals surface area contributed by atoms with Gasteiger partial charge in [0.25, 0.3) is 0 Å². The van der Waals surface area contributed by atoms with Gasteiger partial charge < -0.3 is 0 Å². The Kier molecular flexibility index (Phi) is 4.16. The van der Waals surface area contributed by atoms with Crippen LogP contribution in [-0.2, 0) is 14.8 Å². The van der Waals surface area contributed by atoms with Crippen molar-refractivity contribution in [2.45, 2.75) is 24.7 Å². The summed E-state index contributed by atoms with van der Waals surface area (Å²) in [5, 5.41) is 8.67. The van der Waals surface area contributed by atoms with Gasteiger partial charge in [-0.2, -0.15) is 9.57 Å². The third-order valence-corrected chi connectivity index (χ3v) is 5.30. The van der Waals surface area contributed by atoms with Crippen molar-refractivity contribution in [2.75, 3.05) is 13.1 Å². The topological polar surface area (TPSA) is 91.1 Å². The lowest BCUT2D eigenvalue weighted by molar-refractivity contribution is -0.121. The van der Waals surface area contributed by atoms with Gasteiger partial charge in [0, 0.05) is 25.2 Å². The minimum atomic E-state index is -3.64. The smallest absolute Gasteiger partial charge is 0.244 e. The highest BCUT2D eigenvalue weighted by Gasteiger charge is 2.32. The van der Waals surface area contributed by atoms with Crippen molar-refractivity contribution in [3.8, 4) is 6.07 Å². The number of hydrogen-bond acceptors (Lipinski definition) is 5. The number of carbonyl (C=O) groups is 1. The molecule has 2 heterocycles. The molecule has 1 saturated heterocycles. The molecule has 1 aromatic rings. The third-order valence-electron chi connectivity index (χ3n) is 3.45. The fourth-order valence-electron chi connectivity index (χ4n) is 2.24. The van der Waals surface area contributed by atoms with Crippen LogP contribution in [0.15, 0.2) is 23.2 Å². The summed E-state index contributed by atoms with van der Waals surface area (Å²) in [5.41, 5.74) is 0.171. The Hall–Kier alpha value is -1.78. The van der Waals surface area contributed by atoms with E-state index < -0.39 is 10.0 Å². The van der Waals surface area contributed by atoms with E-state index in [-0.39, 0.29) is 28.8 Å². The number of ketones is 1. The van der Waals surface area contributed by atoms with Crippen LogP contribution in [0.2, 0.25) is 0 Å². The number of carbonyl (C=O) groups excluding carboxylic acids is 1. The van der Waals surface area contributed by atoms with E-state index in [9.17, 15) is 13.2 Å². The lowest BCUT2D eigenvalue weighted by atomic mass is 9.96. The lowest BCUT2D eigenvalue weighted by Gasteiger charge is -2.30. The Labute approximate surface area is 118 Å². The van der Waals surface area contributed by atoms with Crippen LogP contribution in [0, 0.1) is 17.2 Å². The molecule has 0 bridgehead atoms. The molecule has 6 nitrogen and oxygen atoms in total. The van der Waals surface area contributed by atoms with Gasteiger partial charge in [-0.25, -0.2) is 13.4 Å². The first-order valence-electron chi connectivity index (χ1n) is 6.32. The molecule has 1 fully saturated rings. The van der Waals surface area contributed by atoms with Crippen molar-refractivity contribution < 1.29 is 13.2 Å². The Morgan fingerprint density at radius 3 is 2.80 bits per heavy atom. The maximum atomic E-state index is 12.4. The molecular weight excluding hydrogens is 278 g/mol. The summed E-state index contributed by atoms with van der Waals surface area (Å²) < 4.78 is 26.2. The minimum absolute atomic E-state index is 0.0165. The van der Waals surface area contributed by atoms with Gasteiger partial charge >= 0.3 is 0 Å². The van der Waals surface area contributed by atoms with Crippen molar-refractivity contribution in [3.63, 3.8) is 0 Å². The molecule has 0 amide bonds. The molecule has 0 N–H and O–H groups in total. The molecule has 0 aliphatic carbocycles. The van der Waals surface area contributed by atoms with Crippen LogP contribution in [-0.4, -0.2) is 36.6 Å². The highest BCUT2D eigenvalue weighted by Crippen LogP contribution is 2.23. The zero-order chi connectivity index (χ0) is 14.8. The first kappa shape index (κ1) is 14.6. The molecule has 0 spiro atoms. The normalized spacial score (nSPS) is 20.3. The molecule has 1 atom stereocenters. The summed E-state index contributed by atoms with van der Waals surface area (Å²) in [6, 6.07) is 4.59. The van der Waals surface area contributed by atoms with Gasteiger partial charge in [0.1, 0.15) is 22.4 Å². The number of hydrogen-bond donors (Lipinski definition) is 0. The van der Waals surface area contributed by atoms with Crippen LogP contribution >= 0.6 is 0 Å². The average molecular weight is 293 g/mol. The van der Waals surface area contributed by atoms with Crippen molar-refractivity contribution in [1.82, 2.24) is 9.29 Å². The maximum absolute atomic E-state index is 12.4. The number of nitrogens with zero attached hydrogens (tertiary/aromatic N) is 3. The van der Waals surface area contributed by atoms with E-state index in [1.165, 1.54) is 29.6 Å². The molecule has 0 aromatic carbocycles. The average Bonchev–Trinajstić information content (AvgIpc) is 2.47. The van der Waals surface area contributed by atoms with Crippen LogP contribution in [0.5, 0.6) is 0 Å². The van der Waals surface area contributed by atoms with E-state index in [1.54, 1.807) is 0 Å². The Morgan fingerprint density at radius 2 is 2.25 bits per heavy atom. The fraction of sp³-hybridized carbons (Fsp3) is 0.462. The van der Waals surface area contributed by atoms with E-state index >= 15 is 0 Å². The van der Waals surface area contributed by atoms with Crippen LogP contribution in [0.4, 0.5) is 0 Å². The highest BCUT2D eigenvalue weighted by atomic mass is 32.2. The first-order chi connectivity index (χ1) is 9.45. The summed E-state index contributed by atoms with van der Waals surface area (Å²) in [7, 11) is -3.64. The summed E-state index contributed by atoms with van der Waals surface area (Å²) in [5.74, 6) is -0.215. The second-order valence-corrected chi connectivity index (χ2v) is 6.74. The quantitative estimate of drug-likeness (QED) is 0.827. The van der Waals surface area contributed by atoms with Crippen LogP contribution < -0.4 is 0 Å². The van der Waals surface area contributed by atoms with Gasteiger partial charge in [0.2, 0.25) is 10.0 Å². The summed E-state index contributed by atoms with van der Waals surface area (Å²) in [6.45, 7) is 2.12. The van der Waals surface area contributed by atoms with Gasteiger partial charge in [-0.05, 0) is 31.9 Å². The molecule has 1 aliphatic heterocycles. The van der Waals surface area contributed by atoms with E-state index in [0.717, 1.165) is 6.42 Å². The number of Topliss-reactive ketones (excluding diaryl/α,β-unsaturated/α-hetero) is 1. The second-order valence-electron chi connectivity index (χ2n) is 4.80. The third kappa shape index (κ3) is 2.86. The lowest BCUT2D eigenvalue weighted by Crippen LogP contribution is -2.41. The predicted octanol–water partition coefficient (Wildman–Crippen LogP) is 0.943. The Balaban J connectivity index is 2.25. The van der Waals surface area contributed by atoms with Crippen LogP contribution in [0.1, 0.15) is 25.5 Å². The molecule has 1 aliphatic rings. The Bertz CT molecular complexity index is 646. The molecule has 0 saturated carbocycles. The highest BCUT2D eigenvalue weighted by molar-refractivity contribution is 7.89. The van der Waals surface area contributed by atoms with Gasteiger partial charge in [0.05, 0.1) is 0 Å². The minimum Gasteiger partial charge on any atom is -0.300 e. The van der Waals surface area contributed by atoms with Gasteiger partial charge in [0.15, 0.2) is 0 Å². The predicted molar refractivity (Wildman–Crippen MR) is 71.1 cm³/mol. The first-order valence-corrected chi connectivity index (χ1v) is 7.76. The number of nitriles is 1. The number of sulfonamides is 1. The standard InChI is InChI=1S/C13H15N3O3S/c1-10(17)11-3-2-6-16(9-11)20(18,19)13-5-4-12(7-14)15-8-13/h4-5,8,11H,2-3,6,9H2,1H3. The van der Waals surface area contributed by atoms with Crippen molar-refractivity contribution >= 4 is 15.8 Å². The molecule has 7 heteroatoms. The van der Waals surface area contributed by atoms with Crippen LogP contribution in [0.25, 0.3) is 0 Å². The molecule has 1 unspecified atom stereocenters. The van der Waals surface area contributed by atoms with Crippen molar-refractivity contribution in [1.29, 1.82) is 5.26 Å². The van der Waals surface area contributed by atoms with Gasteiger partial charge in [-0.15, -0.1) is 0 Å². The zero-order valence-electron chi connectivity index (χ0n) is 11.1. The van der Waals surface area contributed by atoms with Crippen LogP contribution in [0.3, 0.4) is 0 Å². The largest absolute Gasteiger partial charge is 0.300 e. The van der Waals surface area contributed by atoms with Gasteiger partial charge in [-0.3, -0.25) is 4.79 Å². The zero-order valence-corrected chi connectivity index (χ0v) is 11.9. The number of piperidine rings is 1. The summed E-state index contributed by atoms with van der Waals surface area (Å²) in [6.07, 6.45) is 2.59. The fourth-order valence-corrected chi connectivity index (χ4v) is 3.71. The number of pyridine rings is 1. The van der Waals surface area contributed by atoms with E-state index in [1.807, 2.05) is 6.07 Å². The Morgan fingerprint density at radius 1 is 1.50 bits per heavy atom.